The van der Waals surface area contributed by atoms with Gasteiger partial charge in [-0.1, -0.05) is 19.9 Å². The number of hydrogen-bond acceptors (Lipinski definition) is 2. The normalized spacial score (nSPS) is 29.2. The van der Waals surface area contributed by atoms with Gasteiger partial charge in [0.25, 0.3) is 0 Å². The standard InChI is InChI=1S/C14H17NO/c1-8(16)12-5-4-9-6-10-7-11(13(9)15-12)14(10,2)3/h4-5,10-11H,6-7H2,1-3H3/t10-,11-/m0/s1. The molecule has 0 saturated heterocycles. The van der Waals surface area contributed by atoms with Crippen molar-refractivity contribution >= 4 is 5.78 Å². The quantitative estimate of drug-likeness (QED) is 0.674. The molecular weight excluding hydrogens is 198 g/mol. The van der Waals surface area contributed by atoms with E-state index in [4.69, 9.17) is 0 Å². The Morgan fingerprint density at radius 3 is 2.81 bits per heavy atom. The van der Waals surface area contributed by atoms with Gasteiger partial charge in [0.05, 0.1) is 0 Å². The van der Waals surface area contributed by atoms with E-state index in [0.29, 0.717) is 17.0 Å². The van der Waals surface area contributed by atoms with Crippen molar-refractivity contribution in [3.63, 3.8) is 0 Å². The first-order valence-electron chi connectivity index (χ1n) is 6.01. The van der Waals surface area contributed by atoms with Gasteiger partial charge in [-0.3, -0.25) is 4.79 Å². The van der Waals surface area contributed by atoms with Crippen molar-refractivity contribution in [3.8, 4) is 0 Å². The number of ketones is 1. The Balaban J connectivity index is 2.09. The zero-order chi connectivity index (χ0) is 11.5. The number of Topliss-reactive ketones (excluding diaryl/α,β-unsaturated/α-hetero) is 1. The molecule has 1 aromatic rings. The fourth-order valence-electron chi connectivity index (χ4n) is 3.27. The fourth-order valence-corrected chi connectivity index (χ4v) is 3.27. The Bertz CT molecular complexity index is 476. The molecule has 3 aliphatic rings. The number of rotatable bonds is 1. The smallest absolute Gasteiger partial charge is 0.178 e. The maximum Gasteiger partial charge on any atom is 0.178 e. The van der Waals surface area contributed by atoms with E-state index < -0.39 is 0 Å². The second-order valence-electron chi connectivity index (χ2n) is 5.81. The van der Waals surface area contributed by atoms with Crippen molar-refractivity contribution in [1.29, 1.82) is 0 Å². The van der Waals surface area contributed by atoms with Crippen LogP contribution in [-0.4, -0.2) is 10.8 Å². The molecule has 16 heavy (non-hydrogen) atoms. The van der Waals surface area contributed by atoms with Gasteiger partial charge in [-0.25, -0.2) is 4.98 Å². The minimum atomic E-state index is 0.0713. The van der Waals surface area contributed by atoms with Crippen LogP contribution in [0.4, 0.5) is 0 Å². The van der Waals surface area contributed by atoms with E-state index in [1.165, 1.54) is 17.7 Å². The molecule has 0 aromatic carbocycles. The largest absolute Gasteiger partial charge is 0.293 e. The van der Waals surface area contributed by atoms with Gasteiger partial charge in [0, 0.05) is 18.5 Å². The topological polar surface area (TPSA) is 30.0 Å². The third kappa shape index (κ3) is 1.13. The molecule has 1 heterocycles. The highest BCUT2D eigenvalue weighted by atomic mass is 16.1. The summed E-state index contributed by atoms with van der Waals surface area (Å²) in [5.41, 5.74) is 3.57. The van der Waals surface area contributed by atoms with Crippen molar-refractivity contribution in [3.05, 3.63) is 29.1 Å². The van der Waals surface area contributed by atoms with Crippen LogP contribution in [0.15, 0.2) is 12.1 Å². The number of aromatic nitrogens is 1. The lowest BCUT2D eigenvalue weighted by molar-refractivity contribution is 0.0153. The Kier molecular flexibility index (Phi) is 1.84. The second kappa shape index (κ2) is 2.93. The maximum atomic E-state index is 11.3. The van der Waals surface area contributed by atoms with Crippen molar-refractivity contribution in [2.24, 2.45) is 11.3 Å². The lowest BCUT2D eigenvalue weighted by Gasteiger charge is -2.56. The van der Waals surface area contributed by atoms with Gasteiger partial charge in [0.2, 0.25) is 0 Å². The van der Waals surface area contributed by atoms with Gasteiger partial charge in [-0.2, -0.15) is 0 Å². The third-order valence-electron chi connectivity index (χ3n) is 4.64. The number of pyridine rings is 1. The van der Waals surface area contributed by atoms with E-state index >= 15 is 0 Å². The maximum absolute atomic E-state index is 11.3. The summed E-state index contributed by atoms with van der Waals surface area (Å²) in [4.78, 5) is 15.9. The van der Waals surface area contributed by atoms with Crippen LogP contribution in [0.1, 0.15) is 54.9 Å². The molecule has 0 amide bonds. The van der Waals surface area contributed by atoms with E-state index in [9.17, 15) is 4.79 Å². The average molecular weight is 215 g/mol. The van der Waals surface area contributed by atoms with E-state index in [0.717, 1.165) is 12.3 Å². The molecule has 84 valence electrons. The van der Waals surface area contributed by atoms with Crippen molar-refractivity contribution in [2.45, 2.75) is 39.5 Å². The van der Waals surface area contributed by atoms with Gasteiger partial charge in [0.15, 0.2) is 5.78 Å². The minimum Gasteiger partial charge on any atom is -0.293 e. The molecule has 2 bridgehead atoms. The van der Waals surface area contributed by atoms with Crippen LogP contribution >= 0.6 is 0 Å². The van der Waals surface area contributed by atoms with Gasteiger partial charge in [-0.05, 0) is 35.8 Å². The Morgan fingerprint density at radius 1 is 1.44 bits per heavy atom. The summed E-state index contributed by atoms with van der Waals surface area (Å²) in [7, 11) is 0. The molecule has 1 fully saturated rings. The summed E-state index contributed by atoms with van der Waals surface area (Å²) >= 11 is 0. The van der Waals surface area contributed by atoms with Gasteiger partial charge < -0.3 is 0 Å². The third-order valence-corrected chi connectivity index (χ3v) is 4.64. The molecule has 1 aromatic heterocycles. The second-order valence-corrected chi connectivity index (χ2v) is 5.81. The predicted octanol–water partition coefficient (Wildman–Crippen LogP) is 2.97. The molecule has 4 rings (SSSR count). The first-order valence-corrected chi connectivity index (χ1v) is 6.01. The lowest BCUT2D eigenvalue weighted by atomic mass is 9.48. The number of hydrogen-bond donors (Lipinski definition) is 0. The van der Waals surface area contributed by atoms with Gasteiger partial charge in [0.1, 0.15) is 5.69 Å². The monoisotopic (exact) mass is 215 g/mol. The first kappa shape index (κ1) is 10.0. The Hall–Kier alpha value is -1.18. The van der Waals surface area contributed by atoms with Crippen LogP contribution < -0.4 is 0 Å². The van der Waals surface area contributed by atoms with Crippen molar-refractivity contribution in [1.82, 2.24) is 4.98 Å². The van der Waals surface area contributed by atoms with Crippen molar-refractivity contribution < 1.29 is 4.79 Å². The van der Waals surface area contributed by atoms with Crippen LogP contribution in [0.25, 0.3) is 0 Å². The highest BCUT2D eigenvalue weighted by Gasteiger charge is 2.53. The van der Waals surface area contributed by atoms with E-state index in [1.54, 1.807) is 6.92 Å². The molecule has 0 unspecified atom stereocenters. The molecular formula is C14H17NO. The van der Waals surface area contributed by atoms with Crippen LogP contribution in [0, 0.1) is 11.3 Å². The number of carbonyl (C=O) groups is 1. The average Bonchev–Trinajstić information content (AvgIpc) is 2.27. The van der Waals surface area contributed by atoms with Gasteiger partial charge >= 0.3 is 0 Å². The molecule has 0 spiro atoms. The fraction of sp³-hybridized carbons (Fsp3) is 0.571. The highest BCUT2D eigenvalue weighted by Crippen LogP contribution is 2.61. The SMILES string of the molecule is CC(=O)c1ccc2c(n1)[C@@H]1C[C@H](C2)C1(C)C. The molecule has 2 atom stereocenters. The lowest BCUT2D eigenvalue weighted by Crippen LogP contribution is -2.48. The van der Waals surface area contributed by atoms with Crippen LogP contribution in [0.2, 0.25) is 0 Å². The molecule has 2 nitrogen and oxygen atoms in total. The Morgan fingerprint density at radius 2 is 2.19 bits per heavy atom. The summed E-state index contributed by atoms with van der Waals surface area (Å²) < 4.78 is 0. The first-order chi connectivity index (χ1) is 7.50. The molecule has 1 saturated carbocycles. The Labute approximate surface area is 96.1 Å². The molecule has 0 N–H and O–H groups in total. The van der Waals surface area contributed by atoms with E-state index in [-0.39, 0.29) is 5.78 Å². The zero-order valence-corrected chi connectivity index (χ0v) is 10.1. The zero-order valence-electron chi connectivity index (χ0n) is 10.1. The summed E-state index contributed by atoms with van der Waals surface area (Å²) in [6, 6.07) is 3.98. The van der Waals surface area contributed by atoms with E-state index in [1.807, 2.05) is 6.07 Å². The molecule has 2 heteroatoms. The number of carbonyl (C=O) groups excluding carboxylic acids is 1. The summed E-state index contributed by atoms with van der Waals surface area (Å²) in [5.74, 6) is 1.46. The van der Waals surface area contributed by atoms with Crippen LogP contribution in [0.3, 0.4) is 0 Å². The van der Waals surface area contributed by atoms with Crippen molar-refractivity contribution in [2.75, 3.05) is 0 Å². The minimum absolute atomic E-state index is 0.0713. The summed E-state index contributed by atoms with van der Waals surface area (Å²) in [6.07, 6.45) is 2.40. The molecule has 0 aliphatic heterocycles. The molecule has 0 radical (unpaired) electrons. The summed E-state index contributed by atoms with van der Waals surface area (Å²) in [5, 5.41) is 0. The summed E-state index contributed by atoms with van der Waals surface area (Å²) in [6.45, 7) is 6.25. The van der Waals surface area contributed by atoms with E-state index in [2.05, 4.69) is 24.9 Å². The number of nitrogens with zero attached hydrogens (tertiary/aromatic N) is 1. The van der Waals surface area contributed by atoms with Gasteiger partial charge in [-0.15, -0.1) is 0 Å². The molecule has 3 aliphatic carbocycles. The van der Waals surface area contributed by atoms with Crippen LogP contribution in [-0.2, 0) is 6.42 Å². The van der Waals surface area contributed by atoms with Crippen LogP contribution in [0.5, 0.6) is 0 Å². The predicted molar refractivity (Wildman–Crippen MR) is 62.6 cm³/mol. The highest BCUT2D eigenvalue weighted by molar-refractivity contribution is 5.92.